The monoisotopic (exact) mass is 488 g/mol. The summed E-state index contributed by atoms with van der Waals surface area (Å²) in [4.78, 5) is 55.9. The van der Waals surface area contributed by atoms with Crippen LogP contribution in [0.3, 0.4) is 0 Å². The topological polar surface area (TPSA) is 108 Å². The van der Waals surface area contributed by atoms with Crippen LogP contribution in [0.1, 0.15) is 25.3 Å². The molecule has 1 aromatic carbocycles. The molecule has 10 heteroatoms. The standard InChI is InChI=1S/C23H22Cl2N4O4/c1-12-27-17-4-2-3-14(11-26-20(31)10-13-5-6-15(24)16(25)9-13)21(17)23(33)29(12)18-7-8-19(30)28-22(18)32/h2-6,9,17-18,21H,7-8,10-11H2,1H3,(H,26,31)(H,28,30,32). The van der Waals surface area contributed by atoms with Gasteiger partial charge in [-0.3, -0.25) is 34.4 Å². The minimum atomic E-state index is -0.781. The molecule has 4 rings (SSSR count). The summed E-state index contributed by atoms with van der Waals surface area (Å²) in [7, 11) is 0. The molecule has 0 radical (unpaired) electrons. The Morgan fingerprint density at radius 2 is 2.03 bits per heavy atom. The fourth-order valence-corrected chi connectivity index (χ4v) is 4.63. The number of nitrogens with one attached hydrogen (secondary N) is 2. The van der Waals surface area contributed by atoms with Gasteiger partial charge in [-0.2, -0.15) is 0 Å². The van der Waals surface area contributed by atoms with Gasteiger partial charge in [0.05, 0.1) is 28.4 Å². The zero-order valence-electron chi connectivity index (χ0n) is 17.8. The van der Waals surface area contributed by atoms with Crippen LogP contribution in [0.25, 0.3) is 0 Å². The van der Waals surface area contributed by atoms with Crippen molar-refractivity contribution in [1.29, 1.82) is 0 Å². The van der Waals surface area contributed by atoms with Crippen LogP contribution in [0.15, 0.2) is 47.0 Å². The molecule has 3 unspecified atom stereocenters. The number of rotatable bonds is 5. The maximum Gasteiger partial charge on any atom is 0.249 e. The first-order valence-corrected chi connectivity index (χ1v) is 11.3. The summed E-state index contributed by atoms with van der Waals surface area (Å²) >= 11 is 11.9. The van der Waals surface area contributed by atoms with E-state index in [-0.39, 0.29) is 43.5 Å². The number of halogens is 2. The predicted octanol–water partition coefficient (Wildman–Crippen LogP) is 2.20. The Labute approximate surface area is 200 Å². The maximum atomic E-state index is 13.5. The number of aliphatic imine (C=N–C) groups is 1. The summed E-state index contributed by atoms with van der Waals surface area (Å²) in [6.07, 6.45) is 5.95. The predicted molar refractivity (Wildman–Crippen MR) is 124 cm³/mol. The van der Waals surface area contributed by atoms with Gasteiger partial charge < -0.3 is 5.32 Å². The van der Waals surface area contributed by atoms with E-state index in [9.17, 15) is 19.2 Å². The number of hydrogen-bond donors (Lipinski definition) is 2. The lowest BCUT2D eigenvalue weighted by atomic mass is 9.84. The number of nitrogens with zero attached hydrogens (tertiary/aromatic N) is 2. The van der Waals surface area contributed by atoms with Crippen LogP contribution < -0.4 is 10.6 Å². The van der Waals surface area contributed by atoms with E-state index < -0.39 is 23.9 Å². The van der Waals surface area contributed by atoms with Crippen LogP contribution in [0, 0.1) is 5.92 Å². The van der Waals surface area contributed by atoms with Gasteiger partial charge >= 0.3 is 0 Å². The van der Waals surface area contributed by atoms with Crippen LogP contribution in [0.5, 0.6) is 0 Å². The van der Waals surface area contributed by atoms with E-state index in [1.807, 2.05) is 12.2 Å². The van der Waals surface area contributed by atoms with Gasteiger partial charge in [0.2, 0.25) is 23.6 Å². The summed E-state index contributed by atoms with van der Waals surface area (Å²) < 4.78 is 0. The summed E-state index contributed by atoms with van der Waals surface area (Å²) in [5.41, 5.74) is 1.42. The van der Waals surface area contributed by atoms with Gasteiger partial charge in [0.25, 0.3) is 0 Å². The average Bonchev–Trinajstić information content (AvgIpc) is 2.76. The van der Waals surface area contributed by atoms with Gasteiger partial charge in [-0.1, -0.05) is 47.5 Å². The molecule has 2 heterocycles. The van der Waals surface area contributed by atoms with E-state index in [0.29, 0.717) is 21.5 Å². The molecule has 1 aliphatic carbocycles. The molecular formula is C23H22Cl2N4O4. The van der Waals surface area contributed by atoms with Crippen LogP contribution in [-0.4, -0.2) is 53.0 Å². The Kier molecular flexibility index (Phi) is 6.67. The average molecular weight is 489 g/mol. The van der Waals surface area contributed by atoms with Crippen molar-refractivity contribution in [3.05, 3.63) is 57.6 Å². The number of allylic oxidation sites excluding steroid dienone is 2. The molecule has 3 atom stereocenters. The number of hydrogen-bond acceptors (Lipinski definition) is 5. The van der Waals surface area contributed by atoms with E-state index in [1.165, 1.54) is 4.90 Å². The Bertz CT molecular complexity index is 1130. The number of fused-ring (bicyclic) bond motifs is 1. The number of amides is 4. The highest BCUT2D eigenvalue weighted by Crippen LogP contribution is 2.31. The number of amidine groups is 1. The van der Waals surface area contributed by atoms with E-state index >= 15 is 0 Å². The van der Waals surface area contributed by atoms with Crippen molar-refractivity contribution < 1.29 is 19.2 Å². The quantitative estimate of drug-likeness (QED) is 0.619. The van der Waals surface area contributed by atoms with Crippen molar-refractivity contribution >= 4 is 52.7 Å². The molecule has 0 spiro atoms. The molecule has 0 aromatic heterocycles. The van der Waals surface area contributed by atoms with Crippen molar-refractivity contribution in [2.24, 2.45) is 10.9 Å². The van der Waals surface area contributed by atoms with Crippen molar-refractivity contribution in [3.8, 4) is 0 Å². The first-order chi connectivity index (χ1) is 15.7. The highest BCUT2D eigenvalue weighted by molar-refractivity contribution is 6.42. The van der Waals surface area contributed by atoms with Gasteiger partial charge in [-0.25, -0.2) is 0 Å². The van der Waals surface area contributed by atoms with Gasteiger partial charge in [0, 0.05) is 13.0 Å². The van der Waals surface area contributed by atoms with E-state index in [0.717, 1.165) is 5.56 Å². The number of imide groups is 1. The molecule has 0 saturated carbocycles. The molecule has 8 nitrogen and oxygen atoms in total. The van der Waals surface area contributed by atoms with Crippen molar-refractivity contribution in [2.45, 2.75) is 38.3 Å². The first kappa shape index (κ1) is 23.2. The third-order valence-corrected chi connectivity index (χ3v) is 6.65. The molecule has 2 aliphatic heterocycles. The summed E-state index contributed by atoms with van der Waals surface area (Å²) in [6.45, 7) is 1.85. The lowest BCUT2D eigenvalue weighted by Gasteiger charge is -2.41. The van der Waals surface area contributed by atoms with Crippen LogP contribution >= 0.6 is 23.2 Å². The smallest absolute Gasteiger partial charge is 0.249 e. The Morgan fingerprint density at radius 1 is 1.24 bits per heavy atom. The van der Waals surface area contributed by atoms with Gasteiger partial charge in [0.15, 0.2) is 0 Å². The fourth-order valence-electron chi connectivity index (χ4n) is 4.31. The normalized spacial score (nSPS) is 24.6. The first-order valence-electron chi connectivity index (χ1n) is 10.5. The largest absolute Gasteiger partial charge is 0.352 e. The highest BCUT2D eigenvalue weighted by Gasteiger charge is 2.44. The van der Waals surface area contributed by atoms with Crippen LogP contribution in [0.4, 0.5) is 0 Å². The van der Waals surface area contributed by atoms with E-state index in [2.05, 4.69) is 15.6 Å². The second-order valence-corrected chi connectivity index (χ2v) is 8.96. The molecule has 1 fully saturated rings. The zero-order valence-corrected chi connectivity index (χ0v) is 19.3. The van der Waals surface area contributed by atoms with E-state index in [1.54, 1.807) is 31.2 Å². The number of carbonyl (C=O) groups excluding carboxylic acids is 4. The zero-order chi connectivity index (χ0) is 23.7. The number of carbonyl (C=O) groups is 4. The Morgan fingerprint density at radius 3 is 2.76 bits per heavy atom. The molecule has 172 valence electrons. The molecular weight excluding hydrogens is 467 g/mol. The third-order valence-electron chi connectivity index (χ3n) is 5.91. The molecule has 3 aliphatic rings. The molecule has 1 aromatic rings. The van der Waals surface area contributed by atoms with Crippen LogP contribution in [0.2, 0.25) is 10.0 Å². The maximum absolute atomic E-state index is 13.5. The molecule has 33 heavy (non-hydrogen) atoms. The summed E-state index contributed by atoms with van der Waals surface area (Å²) in [5.74, 6) is -1.54. The highest BCUT2D eigenvalue weighted by atomic mass is 35.5. The minimum Gasteiger partial charge on any atom is -0.352 e. The molecule has 1 saturated heterocycles. The Balaban J connectivity index is 1.46. The minimum absolute atomic E-state index is 0.113. The third kappa shape index (κ3) is 4.86. The van der Waals surface area contributed by atoms with Crippen molar-refractivity contribution in [2.75, 3.05) is 6.54 Å². The van der Waals surface area contributed by atoms with Crippen molar-refractivity contribution in [3.63, 3.8) is 0 Å². The second kappa shape index (κ2) is 9.49. The lowest BCUT2D eigenvalue weighted by Crippen LogP contribution is -2.60. The SMILES string of the molecule is CC1=NC2C=CC=C(CNC(=O)Cc3ccc(Cl)c(Cl)c3)C2C(=O)N1C1CCC(=O)NC1=O. The van der Waals surface area contributed by atoms with E-state index in [4.69, 9.17) is 23.2 Å². The van der Waals surface area contributed by atoms with Crippen LogP contribution in [-0.2, 0) is 25.6 Å². The Hall–Kier alpha value is -2.97. The summed E-state index contributed by atoms with van der Waals surface area (Å²) in [5, 5.41) is 5.93. The molecule has 2 N–H and O–H groups in total. The number of piperidine rings is 1. The van der Waals surface area contributed by atoms with Gasteiger partial charge in [0.1, 0.15) is 11.9 Å². The summed E-state index contributed by atoms with van der Waals surface area (Å²) in [6, 6.07) is 3.82. The van der Waals surface area contributed by atoms with Gasteiger partial charge in [-0.15, -0.1) is 0 Å². The second-order valence-electron chi connectivity index (χ2n) is 8.15. The molecule has 4 amide bonds. The number of benzene rings is 1. The lowest BCUT2D eigenvalue weighted by molar-refractivity contribution is -0.144. The molecule has 0 bridgehead atoms. The van der Waals surface area contributed by atoms with Crippen molar-refractivity contribution in [1.82, 2.24) is 15.5 Å². The van der Waals surface area contributed by atoms with Gasteiger partial charge in [-0.05, 0) is 36.6 Å². The fraction of sp³-hybridized carbons (Fsp3) is 0.348.